The van der Waals surface area contributed by atoms with E-state index in [0.29, 0.717) is 0 Å². The molecule has 0 aromatic heterocycles. The van der Waals surface area contributed by atoms with Gasteiger partial charge in [-0.05, 0) is 0 Å². The molecule has 1 fully saturated rings. The first-order valence-corrected chi connectivity index (χ1v) is 10.0. The van der Waals surface area contributed by atoms with E-state index in [1.807, 2.05) is 0 Å². The molecule has 0 bridgehead atoms. The smallest absolute Gasteiger partial charge is 0.115 e. The summed E-state index contributed by atoms with van der Waals surface area (Å²) in [6.45, 7) is -1.95. The molecule has 12 nitrogen and oxygen atoms in total. The number of ether oxygens (including phenoxy) is 6. The fourth-order valence-electron chi connectivity index (χ4n) is 3.39. The Kier molecular flexibility index (Phi) is 15.7. The van der Waals surface area contributed by atoms with Crippen molar-refractivity contribution in [2.75, 3.05) is 79.3 Å². The van der Waals surface area contributed by atoms with E-state index < -0.39 is 36.6 Å². The second-order valence-electron chi connectivity index (χ2n) is 6.35. The molecule has 1 aliphatic carbocycles. The summed E-state index contributed by atoms with van der Waals surface area (Å²) in [5.74, 6) is 0. The van der Waals surface area contributed by atoms with E-state index >= 15 is 0 Å². The lowest BCUT2D eigenvalue weighted by molar-refractivity contribution is -0.285. The SMILES string of the molecule is OCCOC1C(OCCO)C(OCCO)C(OCCO)C(OCCO)C1OCCO. The van der Waals surface area contributed by atoms with Crippen molar-refractivity contribution in [3.8, 4) is 0 Å². The van der Waals surface area contributed by atoms with Crippen molar-refractivity contribution in [1.29, 1.82) is 0 Å². The Morgan fingerprint density at radius 2 is 0.433 bits per heavy atom. The molecule has 6 N–H and O–H groups in total. The van der Waals surface area contributed by atoms with Crippen LogP contribution in [0, 0.1) is 0 Å². The first-order chi connectivity index (χ1) is 14.7. The van der Waals surface area contributed by atoms with Crippen molar-refractivity contribution in [1.82, 2.24) is 0 Å². The molecule has 12 heteroatoms. The summed E-state index contributed by atoms with van der Waals surface area (Å²) >= 11 is 0. The van der Waals surface area contributed by atoms with Crippen molar-refractivity contribution >= 4 is 0 Å². The van der Waals surface area contributed by atoms with Gasteiger partial charge in [-0.3, -0.25) is 0 Å². The van der Waals surface area contributed by atoms with Gasteiger partial charge in [0.05, 0.1) is 79.3 Å². The molecule has 0 aliphatic heterocycles. The molecule has 30 heavy (non-hydrogen) atoms. The van der Waals surface area contributed by atoms with Gasteiger partial charge in [0.25, 0.3) is 0 Å². The zero-order valence-corrected chi connectivity index (χ0v) is 17.1. The molecule has 0 aromatic rings. The minimum Gasteiger partial charge on any atom is -0.394 e. The number of aliphatic hydroxyl groups is 6. The van der Waals surface area contributed by atoms with Crippen LogP contribution in [-0.2, 0) is 28.4 Å². The molecule has 1 saturated carbocycles. The van der Waals surface area contributed by atoms with Gasteiger partial charge in [-0.15, -0.1) is 0 Å². The molecule has 180 valence electrons. The normalized spacial score (nSPS) is 29.4. The Labute approximate surface area is 175 Å². The van der Waals surface area contributed by atoms with Crippen molar-refractivity contribution < 1.29 is 59.1 Å². The van der Waals surface area contributed by atoms with Gasteiger partial charge in [0.15, 0.2) is 0 Å². The summed E-state index contributed by atoms with van der Waals surface area (Å²) < 4.78 is 34.6. The fraction of sp³-hybridized carbons (Fsp3) is 1.00. The van der Waals surface area contributed by atoms with Gasteiger partial charge in [0, 0.05) is 0 Å². The third-order valence-electron chi connectivity index (χ3n) is 4.35. The number of rotatable bonds is 18. The highest BCUT2D eigenvalue weighted by atomic mass is 16.6. The highest BCUT2D eigenvalue weighted by molar-refractivity contribution is 5.04. The van der Waals surface area contributed by atoms with Crippen LogP contribution in [-0.4, -0.2) is 147 Å². The summed E-state index contributed by atoms with van der Waals surface area (Å²) in [6.07, 6.45) is -5.10. The van der Waals surface area contributed by atoms with Gasteiger partial charge in [0.2, 0.25) is 0 Å². The fourth-order valence-corrected chi connectivity index (χ4v) is 3.39. The van der Waals surface area contributed by atoms with Crippen LogP contribution >= 0.6 is 0 Å². The van der Waals surface area contributed by atoms with Gasteiger partial charge in [-0.1, -0.05) is 0 Å². The van der Waals surface area contributed by atoms with Gasteiger partial charge in [0.1, 0.15) is 36.6 Å². The lowest BCUT2D eigenvalue weighted by Gasteiger charge is -2.49. The third kappa shape index (κ3) is 8.57. The Morgan fingerprint density at radius 1 is 0.300 bits per heavy atom. The first kappa shape index (κ1) is 27.6. The Hall–Kier alpha value is -0.480. The second-order valence-corrected chi connectivity index (χ2v) is 6.35. The topological polar surface area (TPSA) is 177 Å². The molecule has 0 saturated heterocycles. The summed E-state index contributed by atoms with van der Waals surface area (Å²) in [7, 11) is 0. The molecular formula is C18H36O12. The van der Waals surface area contributed by atoms with E-state index in [2.05, 4.69) is 0 Å². The Morgan fingerprint density at radius 3 is 0.533 bits per heavy atom. The van der Waals surface area contributed by atoms with Crippen molar-refractivity contribution in [2.24, 2.45) is 0 Å². The molecule has 1 aliphatic rings. The maximum atomic E-state index is 9.24. The van der Waals surface area contributed by atoms with Crippen LogP contribution in [0.1, 0.15) is 0 Å². The van der Waals surface area contributed by atoms with Crippen LogP contribution in [0.3, 0.4) is 0 Å². The van der Waals surface area contributed by atoms with Crippen LogP contribution in [0.25, 0.3) is 0 Å². The van der Waals surface area contributed by atoms with Crippen LogP contribution in [0.4, 0.5) is 0 Å². The minimum absolute atomic E-state index is 0.0513. The van der Waals surface area contributed by atoms with E-state index in [4.69, 9.17) is 28.4 Å². The minimum atomic E-state index is -0.850. The Bertz CT molecular complexity index is 296. The molecule has 1 rings (SSSR count). The van der Waals surface area contributed by atoms with Crippen molar-refractivity contribution in [2.45, 2.75) is 36.6 Å². The summed E-state index contributed by atoms with van der Waals surface area (Å²) in [5.41, 5.74) is 0. The second kappa shape index (κ2) is 17.1. The standard InChI is InChI=1S/C18H36O12/c19-1-7-25-13-14(26-8-2-20)16(28-10-4-22)18(30-12-6-24)17(29-11-5-23)15(13)27-9-3-21/h13-24H,1-12H2. The van der Waals surface area contributed by atoms with Crippen LogP contribution in [0.5, 0.6) is 0 Å². The summed E-state index contributed by atoms with van der Waals surface area (Å²) in [4.78, 5) is 0. The zero-order valence-electron chi connectivity index (χ0n) is 17.1. The number of aliphatic hydroxyl groups excluding tert-OH is 6. The quantitative estimate of drug-likeness (QED) is 0.122. The molecular weight excluding hydrogens is 408 g/mol. The molecule has 0 unspecified atom stereocenters. The maximum absolute atomic E-state index is 9.24. The maximum Gasteiger partial charge on any atom is 0.115 e. The molecule has 0 amide bonds. The van der Waals surface area contributed by atoms with E-state index in [0.717, 1.165) is 0 Å². The van der Waals surface area contributed by atoms with Crippen molar-refractivity contribution in [3.63, 3.8) is 0 Å². The molecule has 0 radical (unpaired) electrons. The number of hydrogen-bond donors (Lipinski definition) is 6. The zero-order chi connectivity index (χ0) is 22.2. The lowest BCUT2D eigenvalue weighted by Crippen LogP contribution is -2.68. The summed E-state index contributed by atoms with van der Waals surface area (Å²) in [6, 6.07) is 0. The van der Waals surface area contributed by atoms with Gasteiger partial charge >= 0.3 is 0 Å². The van der Waals surface area contributed by atoms with E-state index in [1.165, 1.54) is 0 Å². The average molecular weight is 444 g/mol. The summed E-state index contributed by atoms with van der Waals surface area (Å²) in [5, 5.41) is 55.4. The van der Waals surface area contributed by atoms with Gasteiger partial charge in [-0.25, -0.2) is 0 Å². The van der Waals surface area contributed by atoms with Gasteiger partial charge < -0.3 is 59.1 Å². The molecule has 0 aromatic carbocycles. The Balaban J connectivity index is 3.31. The van der Waals surface area contributed by atoms with Gasteiger partial charge in [-0.2, -0.15) is 0 Å². The van der Waals surface area contributed by atoms with E-state index in [9.17, 15) is 30.6 Å². The van der Waals surface area contributed by atoms with Crippen LogP contribution in [0.2, 0.25) is 0 Å². The first-order valence-electron chi connectivity index (χ1n) is 10.0. The number of hydrogen-bond acceptors (Lipinski definition) is 12. The van der Waals surface area contributed by atoms with Crippen LogP contribution < -0.4 is 0 Å². The monoisotopic (exact) mass is 444 g/mol. The van der Waals surface area contributed by atoms with E-state index in [-0.39, 0.29) is 79.3 Å². The predicted octanol–water partition coefficient (Wildman–Crippen LogP) is -3.73. The third-order valence-corrected chi connectivity index (χ3v) is 4.35. The average Bonchev–Trinajstić information content (AvgIpc) is 2.76. The predicted molar refractivity (Wildman–Crippen MR) is 101 cm³/mol. The van der Waals surface area contributed by atoms with Crippen LogP contribution in [0.15, 0.2) is 0 Å². The highest BCUT2D eigenvalue weighted by Crippen LogP contribution is 2.33. The molecule has 0 spiro atoms. The molecule has 0 heterocycles. The van der Waals surface area contributed by atoms with Crippen molar-refractivity contribution in [3.05, 3.63) is 0 Å². The largest absolute Gasteiger partial charge is 0.394 e. The lowest BCUT2D eigenvalue weighted by atomic mass is 9.83. The van der Waals surface area contributed by atoms with E-state index in [1.54, 1.807) is 0 Å². The highest BCUT2D eigenvalue weighted by Gasteiger charge is 2.54. The molecule has 0 atom stereocenters.